The summed E-state index contributed by atoms with van der Waals surface area (Å²) < 4.78 is 0. The Morgan fingerprint density at radius 3 is 2.72 bits per heavy atom. The SMILES string of the molecule is CCCCCC(=O)C1Cc2ccccc2CN1C. The van der Waals surface area contributed by atoms with Crippen molar-refractivity contribution < 1.29 is 4.79 Å². The normalized spacial score (nSPS) is 19.6. The molecule has 1 aliphatic heterocycles. The molecule has 1 heterocycles. The molecule has 0 amide bonds. The standard InChI is InChI=1S/C16H23NO/c1-3-4-5-10-16(18)15-11-13-8-6-7-9-14(13)12-17(15)2/h6-9,15H,3-5,10-12H2,1-2H3. The maximum Gasteiger partial charge on any atom is 0.150 e. The molecule has 2 heteroatoms. The summed E-state index contributed by atoms with van der Waals surface area (Å²) in [5.41, 5.74) is 2.72. The third kappa shape index (κ3) is 2.99. The van der Waals surface area contributed by atoms with E-state index in [1.165, 1.54) is 24.0 Å². The average molecular weight is 245 g/mol. The zero-order valence-corrected chi connectivity index (χ0v) is 11.5. The molecule has 98 valence electrons. The fourth-order valence-corrected chi connectivity index (χ4v) is 2.73. The smallest absolute Gasteiger partial charge is 0.150 e. The van der Waals surface area contributed by atoms with E-state index in [0.717, 1.165) is 25.8 Å². The number of hydrogen-bond donors (Lipinski definition) is 0. The summed E-state index contributed by atoms with van der Waals surface area (Å²) in [7, 11) is 2.07. The van der Waals surface area contributed by atoms with E-state index in [0.29, 0.717) is 5.78 Å². The summed E-state index contributed by atoms with van der Waals surface area (Å²) >= 11 is 0. The third-order valence-electron chi connectivity index (χ3n) is 3.88. The molecule has 0 spiro atoms. The molecule has 0 aliphatic carbocycles. The van der Waals surface area contributed by atoms with E-state index in [2.05, 4.69) is 43.1 Å². The Morgan fingerprint density at radius 1 is 1.28 bits per heavy atom. The van der Waals surface area contributed by atoms with Crippen LogP contribution < -0.4 is 0 Å². The molecule has 0 fully saturated rings. The summed E-state index contributed by atoms with van der Waals surface area (Å²) in [6.07, 6.45) is 5.01. The molecule has 1 aromatic rings. The number of fused-ring (bicyclic) bond motifs is 1. The van der Waals surface area contributed by atoms with Crippen molar-refractivity contribution in [2.45, 2.75) is 51.6 Å². The van der Waals surface area contributed by atoms with E-state index < -0.39 is 0 Å². The van der Waals surface area contributed by atoms with Crippen molar-refractivity contribution in [2.24, 2.45) is 0 Å². The van der Waals surface area contributed by atoms with E-state index in [9.17, 15) is 4.79 Å². The first-order valence-electron chi connectivity index (χ1n) is 7.02. The minimum atomic E-state index is 0.0942. The second-order valence-corrected chi connectivity index (χ2v) is 5.33. The Bertz CT molecular complexity index is 413. The molecule has 1 unspecified atom stereocenters. The van der Waals surface area contributed by atoms with Crippen molar-refractivity contribution >= 4 is 5.78 Å². The topological polar surface area (TPSA) is 20.3 Å². The van der Waals surface area contributed by atoms with Crippen molar-refractivity contribution in [3.63, 3.8) is 0 Å². The largest absolute Gasteiger partial charge is 0.298 e. The van der Waals surface area contributed by atoms with E-state index in [1.807, 2.05) is 0 Å². The summed E-state index contributed by atoms with van der Waals surface area (Å²) in [4.78, 5) is 14.5. The molecule has 0 aromatic heterocycles. The molecule has 2 nitrogen and oxygen atoms in total. The fraction of sp³-hybridized carbons (Fsp3) is 0.562. The number of benzene rings is 1. The molecule has 0 bridgehead atoms. The predicted octanol–water partition coefficient (Wildman–Crippen LogP) is 3.19. The molecule has 1 aliphatic rings. The monoisotopic (exact) mass is 245 g/mol. The van der Waals surface area contributed by atoms with Gasteiger partial charge in [-0.3, -0.25) is 9.69 Å². The average Bonchev–Trinajstić information content (AvgIpc) is 2.38. The maximum absolute atomic E-state index is 12.3. The van der Waals surface area contributed by atoms with Gasteiger partial charge in [0.25, 0.3) is 0 Å². The number of unbranched alkanes of at least 4 members (excludes halogenated alkanes) is 2. The lowest BCUT2D eigenvalue weighted by Crippen LogP contribution is -2.43. The van der Waals surface area contributed by atoms with Crippen LogP contribution in [0.15, 0.2) is 24.3 Å². The summed E-state index contributed by atoms with van der Waals surface area (Å²) in [5, 5.41) is 0. The zero-order valence-electron chi connectivity index (χ0n) is 11.5. The number of ketones is 1. The van der Waals surface area contributed by atoms with Crippen LogP contribution in [0.3, 0.4) is 0 Å². The molecule has 0 saturated heterocycles. The lowest BCUT2D eigenvalue weighted by molar-refractivity contribution is -0.124. The highest BCUT2D eigenvalue weighted by Crippen LogP contribution is 2.23. The molecule has 1 atom stereocenters. The quantitative estimate of drug-likeness (QED) is 0.743. The Balaban J connectivity index is 2.00. The molecule has 0 radical (unpaired) electrons. The van der Waals surface area contributed by atoms with Crippen LogP contribution in [0.5, 0.6) is 0 Å². The van der Waals surface area contributed by atoms with Gasteiger partial charge in [-0.15, -0.1) is 0 Å². The minimum Gasteiger partial charge on any atom is -0.298 e. The molecular formula is C16H23NO. The van der Waals surface area contributed by atoms with Gasteiger partial charge in [0.05, 0.1) is 6.04 Å². The van der Waals surface area contributed by atoms with Crippen LogP contribution in [0.4, 0.5) is 0 Å². The molecule has 0 N–H and O–H groups in total. The number of carbonyl (C=O) groups excluding carboxylic acids is 1. The summed E-state index contributed by atoms with van der Waals surface area (Å²) in [6, 6.07) is 8.58. The maximum atomic E-state index is 12.3. The number of carbonyl (C=O) groups is 1. The Labute approximate surface area is 110 Å². The van der Waals surface area contributed by atoms with E-state index >= 15 is 0 Å². The van der Waals surface area contributed by atoms with Crippen LogP contribution in [0.2, 0.25) is 0 Å². The highest BCUT2D eigenvalue weighted by atomic mass is 16.1. The van der Waals surface area contributed by atoms with Crippen molar-refractivity contribution in [3.05, 3.63) is 35.4 Å². The Kier molecular flexibility index (Phi) is 4.54. The molecule has 1 aromatic carbocycles. The van der Waals surface area contributed by atoms with E-state index in [-0.39, 0.29) is 6.04 Å². The number of nitrogens with zero attached hydrogens (tertiary/aromatic N) is 1. The highest BCUT2D eigenvalue weighted by Gasteiger charge is 2.27. The first-order chi connectivity index (χ1) is 8.72. The number of Topliss-reactive ketones (excluding diaryl/α,β-unsaturated/α-hetero) is 1. The lowest BCUT2D eigenvalue weighted by Gasteiger charge is -2.33. The molecular weight excluding hydrogens is 222 g/mol. The van der Waals surface area contributed by atoms with Gasteiger partial charge in [0.1, 0.15) is 5.78 Å². The van der Waals surface area contributed by atoms with Crippen molar-refractivity contribution in [1.29, 1.82) is 0 Å². The number of likely N-dealkylation sites (N-methyl/N-ethyl adjacent to an activating group) is 1. The van der Waals surface area contributed by atoms with Gasteiger partial charge in [-0.25, -0.2) is 0 Å². The number of rotatable bonds is 5. The lowest BCUT2D eigenvalue weighted by atomic mass is 9.90. The van der Waals surface area contributed by atoms with E-state index in [4.69, 9.17) is 0 Å². The second-order valence-electron chi connectivity index (χ2n) is 5.33. The van der Waals surface area contributed by atoms with Crippen LogP contribution in [0.1, 0.15) is 43.7 Å². The van der Waals surface area contributed by atoms with E-state index in [1.54, 1.807) is 0 Å². The van der Waals surface area contributed by atoms with Gasteiger partial charge in [0, 0.05) is 13.0 Å². The van der Waals surface area contributed by atoms with Gasteiger partial charge in [-0.1, -0.05) is 44.0 Å². The summed E-state index contributed by atoms with van der Waals surface area (Å²) in [5.74, 6) is 0.417. The Hall–Kier alpha value is -1.15. The first kappa shape index (κ1) is 13.3. The van der Waals surface area contributed by atoms with Crippen molar-refractivity contribution in [3.8, 4) is 0 Å². The van der Waals surface area contributed by atoms with Crippen molar-refractivity contribution in [1.82, 2.24) is 4.90 Å². The van der Waals surface area contributed by atoms with Crippen molar-refractivity contribution in [2.75, 3.05) is 7.05 Å². The van der Waals surface area contributed by atoms with Crippen LogP contribution in [-0.2, 0) is 17.8 Å². The van der Waals surface area contributed by atoms with Gasteiger partial charge in [-0.05, 0) is 31.0 Å². The predicted molar refractivity (Wildman–Crippen MR) is 74.6 cm³/mol. The molecule has 0 saturated carbocycles. The third-order valence-corrected chi connectivity index (χ3v) is 3.88. The van der Waals surface area contributed by atoms with Gasteiger partial charge in [0.15, 0.2) is 0 Å². The van der Waals surface area contributed by atoms with Crippen LogP contribution in [0, 0.1) is 0 Å². The van der Waals surface area contributed by atoms with Gasteiger partial charge >= 0.3 is 0 Å². The highest BCUT2D eigenvalue weighted by molar-refractivity contribution is 5.84. The first-order valence-corrected chi connectivity index (χ1v) is 7.02. The zero-order chi connectivity index (χ0) is 13.0. The second kappa shape index (κ2) is 6.14. The van der Waals surface area contributed by atoms with Gasteiger partial charge < -0.3 is 0 Å². The number of hydrogen-bond acceptors (Lipinski definition) is 2. The van der Waals surface area contributed by atoms with Crippen LogP contribution in [-0.4, -0.2) is 23.8 Å². The van der Waals surface area contributed by atoms with Crippen LogP contribution >= 0.6 is 0 Å². The minimum absolute atomic E-state index is 0.0942. The molecule has 2 rings (SSSR count). The molecule has 18 heavy (non-hydrogen) atoms. The fourth-order valence-electron chi connectivity index (χ4n) is 2.73. The Morgan fingerprint density at radius 2 is 2.00 bits per heavy atom. The van der Waals surface area contributed by atoms with Gasteiger partial charge in [0.2, 0.25) is 0 Å². The summed E-state index contributed by atoms with van der Waals surface area (Å²) in [6.45, 7) is 3.08. The van der Waals surface area contributed by atoms with Crippen LogP contribution in [0.25, 0.3) is 0 Å². The van der Waals surface area contributed by atoms with Gasteiger partial charge in [-0.2, -0.15) is 0 Å².